The van der Waals surface area contributed by atoms with Gasteiger partial charge in [-0.3, -0.25) is 4.90 Å². The summed E-state index contributed by atoms with van der Waals surface area (Å²) in [6, 6.07) is 11.9. The molecule has 0 bridgehead atoms. The van der Waals surface area contributed by atoms with Crippen molar-refractivity contribution in [1.29, 1.82) is 0 Å². The smallest absolute Gasteiger partial charge is 0.173 e. The molecule has 2 aromatic rings. The van der Waals surface area contributed by atoms with E-state index in [1.165, 1.54) is 12.1 Å². The molecule has 0 atom stereocenters. The Morgan fingerprint density at radius 3 is 2.44 bits per heavy atom. The van der Waals surface area contributed by atoms with Gasteiger partial charge in [0, 0.05) is 44.0 Å². The van der Waals surface area contributed by atoms with E-state index in [2.05, 4.69) is 15.1 Å². The van der Waals surface area contributed by atoms with Crippen LogP contribution in [0, 0.1) is 18.6 Å². The van der Waals surface area contributed by atoms with Crippen LogP contribution in [-0.2, 0) is 6.54 Å². The van der Waals surface area contributed by atoms with Gasteiger partial charge in [0.15, 0.2) is 5.11 Å². The zero-order valence-electron chi connectivity index (χ0n) is 14.1. The van der Waals surface area contributed by atoms with E-state index in [1.54, 1.807) is 19.1 Å². The summed E-state index contributed by atoms with van der Waals surface area (Å²) >= 11 is 5.44. The zero-order valence-corrected chi connectivity index (χ0v) is 15.0. The molecule has 0 saturated carbocycles. The molecule has 1 saturated heterocycles. The van der Waals surface area contributed by atoms with Crippen molar-refractivity contribution >= 4 is 23.0 Å². The SMILES string of the molecule is Cc1ccc(NC(=S)N2CCN(Cc3ccccc3F)CC2)cc1F. The molecule has 0 amide bonds. The van der Waals surface area contributed by atoms with Gasteiger partial charge in [-0.1, -0.05) is 24.3 Å². The first-order valence-electron chi connectivity index (χ1n) is 8.31. The van der Waals surface area contributed by atoms with Crippen LogP contribution in [0.2, 0.25) is 0 Å². The lowest BCUT2D eigenvalue weighted by Crippen LogP contribution is -2.49. The zero-order chi connectivity index (χ0) is 17.8. The third kappa shape index (κ3) is 4.52. The van der Waals surface area contributed by atoms with Gasteiger partial charge in [0.05, 0.1) is 0 Å². The maximum absolute atomic E-state index is 13.8. The average molecular weight is 361 g/mol. The standard InChI is InChI=1S/C19H21F2N3S/c1-14-6-7-16(12-18(14)21)22-19(25)24-10-8-23(9-11-24)13-15-4-2-3-5-17(15)20/h2-7,12H,8-11,13H2,1H3,(H,22,25). The lowest BCUT2D eigenvalue weighted by Gasteiger charge is -2.36. The first kappa shape index (κ1) is 17.8. The number of nitrogens with one attached hydrogen (secondary N) is 1. The van der Waals surface area contributed by atoms with Crippen LogP contribution in [0.5, 0.6) is 0 Å². The lowest BCUT2D eigenvalue weighted by molar-refractivity contribution is 0.175. The van der Waals surface area contributed by atoms with Crippen LogP contribution in [-0.4, -0.2) is 41.1 Å². The maximum Gasteiger partial charge on any atom is 0.173 e. The van der Waals surface area contributed by atoms with Crippen LogP contribution in [0.1, 0.15) is 11.1 Å². The topological polar surface area (TPSA) is 18.5 Å². The summed E-state index contributed by atoms with van der Waals surface area (Å²) in [5.74, 6) is -0.411. The average Bonchev–Trinajstić information content (AvgIpc) is 2.61. The Morgan fingerprint density at radius 2 is 1.76 bits per heavy atom. The number of nitrogens with zero attached hydrogens (tertiary/aromatic N) is 2. The molecule has 0 aliphatic carbocycles. The highest BCUT2D eigenvalue weighted by molar-refractivity contribution is 7.80. The molecule has 1 aliphatic rings. The summed E-state index contributed by atoms with van der Waals surface area (Å²) in [6.45, 7) is 5.45. The minimum Gasteiger partial charge on any atom is -0.346 e. The molecule has 0 aromatic heterocycles. The van der Waals surface area contributed by atoms with E-state index in [0.717, 1.165) is 26.2 Å². The highest BCUT2D eigenvalue weighted by atomic mass is 32.1. The van der Waals surface area contributed by atoms with Gasteiger partial charge in [-0.15, -0.1) is 0 Å². The second-order valence-electron chi connectivity index (χ2n) is 6.25. The van der Waals surface area contributed by atoms with Crippen molar-refractivity contribution in [3.8, 4) is 0 Å². The van der Waals surface area contributed by atoms with E-state index >= 15 is 0 Å². The van der Waals surface area contributed by atoms with E-state index in [1.807, 2.05) is 18.2 Å². The Hall–Kier alpha value is -2.05. The monoisotopic (exact) mass is 361 g/mol. The number of halogens is 2. The third-order valence-corrected chi connectivity index (χ3v) is 4.79. The Balaban J connectivity index is 1.52. The van der Waals surface area contributed by atoms with Crippen LogP contribution in [0.15, 0.2) is 42.5 Å². The Bertz CT molecular complexity index is 758. The van der Waals surface area contributed by atoms with Crippen molar-refractivity contribution in [2.75, 3.05) is 31.5 Å². The fraction of sp³-hybridized carbons (Fsp3) is 0.316. The van der Waals surface area contributed by atoms with Gasteiger partial charge in [0.1, 0.15) is 11.6 Å². The summed E-state index contributed by atoms with van der Waals surface area (Å²) < 4.78 is 27.4. The van der Waals surface area contributed by atoms with Crippen molar-refractivity contribution in [3.63, 3.8) is 0 Å². The number of anilines is 1. The van der Waals surface area contributed by atoms with Crippen LogP contribution in [0.25, 0.3) is 0 Å². The molecule has 0 spiro atoms. The second kappa shape index (κ2) is 7.89. The summed E-state index contributed by atoms with van der Waals surface area (Å²) in [5, 5.41) is 3.68. The summed E-state index contributed by atoms with van der Waals surface area (Å²) in [4.78, 5) is 4.27. The molecule has 3 nitrogen and oxygen atoms in total. The Morgan fingerprint density at radius 1 is 1.04 bits per heavy atom. The number of rotatable bonds is 3. The van der Waals surface area contributed by atoms with Crippen LogP contribution < -0.4 is 5.32 Å². The van der Waals surface area contributed by atoms with Gasteiger partial charge in [-0.2, -0.15) is 0 Å². The largest absolute Gasteiger partial charge is 0.346 e. The quantitative estimate of drug-likeness (QED) is 0.838. The lowest BCUT2D eigenvalue weighted by atomic mass is 10.2. The Labute approximate surface area is 152 Å². The van der Waals surface area contributed by atoms with Gasteiger partial charge in [-0.05, 0) is 42.9 Å². The molecule has 2 aromatic carbocycles. The molecule has 132 valence electrons. The molecular formula is C19H21F2N3S. The first-order chi connectivity index (χ1) is 12.0. The number of benzene rings is 2. The van der Waals surface area contributed by atoms with Gasteiger partial charge >= 0.3 is 0 Å². The van der Waals surface area contributed by atoms with Crippen molar-refractivity contribution in [2.24, 2.45) is 0 Å². The summed E-state index contributed by atoms with van der Waals surface area (Å²) in [6.07, 6.45) is 0. The molecule has 25 heavy (non-hydrogen) atoms. The van der Waals surface area contributed by atoms with E-state index < -0.39 is 0 Å². The highest BCUT2D eigenvalue weighted by Crippen LogP contribution is 2.16. The molecule has 6 heteroatoms. The minimum absolute atomic E-state index is 0.163. The van der Waals surface area contributed by atoms with Crippen molar-refractivity contribution < 1.29 is 8.78 Å². The molecule has 3 rings (SSSR count). The number of aryl methyl sites for hydroxylation is 1. The normalized spacial score (nSPS) is 15.2. The van der Waals surface area contributed by atoms with E-state index in [4.69, 9.17) is 12.2 Å². The minimum atomic E-state index is -0.248. The maximum atomic E-state index is 13.8. The van der Waals surface area contributed by atoms with E-state index in [-0.39, 0.29) is 11.6 Å². The number of thiocarbonyl (C=S) groups is 1. The fourth-order valence-corrected chi connectivity index (χ4v) is 3.15. The first-order valence-corrected chi connectivity index (χ1v) is 8.71. The van der Waals surface area contributed by atoms with Crippen LogP contribution in [0.4, 0.5) is 14.5 Å². The molecule has 1 heterocycles. The van der Waals surface area contributed by atoms with Crippen LogP contribution >= 0.6 is 12.2 Å². The summed E-state index contributed by atoms with van der Waals surface area (Å²) in [5.41, 5.74) is 1.98. The summed E-state index contributed by atoms with van der Waals surface area (Å²) in [7, 11) is 0. The molecule has 1 fully saturated rings. The van der Waals surface area contributed by atoms with Gasteiger partial charge in [-0.25, -0.2) is 8.78 Å². The second-order valence-corrected chi connectivity index (χ2v) is 6.64. The highest BCUT2D eigenvalue weighted by Gasteiger charge is 2.20. The van der Waals surface area contributed by atoms with Crippen molar-refractivity contribution in [2.45, 2.75) is 13.5 Å². The van der Waals surface area contributed by atoms with Crippen molar-refractivity contribution in [1.82, 2.24) is 9.80 Å². The van der Waals surface area contributed by atoms with Gasteiger partial charge in [0.25, 0.3) is 0 Å². The van der Waals surface area contributed by atoms with Crippen molar-refractivity contribution in [3.05, 3.63) is 65.2 Å². The number of hydrogen-bond donors (Lipinski definition) is 1. The van der Waals surface area contributed by atoms with E-state index in [0.29, 0.717) is 28.5 Å². The fourth-order valence-electron chi connectivity index (χ4n) is 2.85. The van der Waals surface area contributed by atoms with Gasteiger partial charge in [0.2, 0.25) is 0 Å². The molecule has 0 radical (unpaired) electrons. The van der Waals surface area contributed by atoms with Gasteiger partial charge < -0.3 is 10.2 Å². The predicted molar refractivity (Wildman–Crippen MR) is 101 cm³/mol. The number of hydrogen-bond acceptors (Lipinski definition) is 2. The molecule has 1 aliphatic heterocycles. The van der Waals surface area contributed by atoms with Crippen LogP contribution in [0.3, 0.4) is 0 Å². The molecule has 1 N–H and O–H groups in total. The van der Waals surface area contributed by atoms with E-state index in [9.17, 15) is 8.78 Å². The Kier molecular flexibility index (Phi) is 5.60. The molecular weight excluding hydrogens is 340 g/mol. The predicted octanol–water partition coefficient (Wildman–Crippen LogP) is 3.79. The third-order valence-electron chi connectivity index (χ3n) is 4.43. The number of piperazine rings is 1. The molecule has 0 unspecified atom stereocenters.